The molecule has 0 saturated heterocycles. The van der Waals surface area contributed by atoms with Gasteiger partial charge in [-0.3, -0.25) is 9.97 Å². The first-order valence-corrected chi connectivity index (χ1v) is 16.7. The molecule has 3 aromatic heterocycles. The number of aromatic nitrogens is 4. The van der Waals surface area contributed by atoms with Crippen LogP contribution in [-0.2, 0) is 0 Å². The van der Waals surface area contributed by atoms with Gasteiger partial charge in [-0.2, -0.15) is 0 Å². The molecule has 0 unspecified atom stereocenters. The van der Waals surface area contributed by atoms with Crippen molar-refractivity contribution in [3.8, 4) is 67.4 Å². The van der Waals surface area contributed by atoms with Crippen LogP contribution >= 0.6 is 0 Å². The van der Waals surface area contributed by atoms with Crippen LogP contribution in [0.4, 0.5) is 0 Å². The molecule has 0 atom stereocenters. The van der Waals surface area contributed by atoms with Crippen molar-refractivity contribution in [1.82, 2.24) is 19.9 Å². The molecule has 0 saturated carbocycles. The van der Waals surface area contributed by atoms with Crippen molar-refractivity contribution in [1.29, 1.82) is 0 Å². The van der Waals surface area contributed by atoms with Crippen molar-refractivity contribution in [3.63, 3.8) is 0 Å². The molecule has 4 nitrogen and oxygen atoms in total. The summed E-state index contributed by atoms with van der Waals surface area (Å²) in [5, 5.41) is 3.29. The average molecular weight is 639 g/mol. The van der Waals surface area contributed by atoms with E-state index >= 15 is 0 Å². The van der Waals surface area contributed by atoms with E-state index in [1.54, 1.807) is 0 Å². The predicted octanol–water partition coefficient (Wildman–Crippen LogP) is 11.6. The maximum absolute atomic E-state index is 5.28. The first-order valence-electron chi connectivity index (χ1n) is 16.7. The fourth-order valence-corrected chi connectivity index (χ4v) is 6.64. The molecule has 0 aliphatic heterocycles. The number of rotatable bonds is 6. The molecule has 6 aromatic carbocycles. The van der Waals surface area contributed by atoms with E-state index in [9.17, 15) is 0 Å². The van der Waals surface area contributed by atoms with Crippen LogP contribution in [0.3, 0.4) is 0 Å². The molecule has 0 radical (unpaired) electrons. The lowest BCUT2D eigenvalue weighted by molar-refractivity contribution is 1.23. The molecular formula is C46H30N4. The fraction of sp³-hybridized carbons (Fsp3) is 0. The third kappa shape index (κ3) is 5.59. The quantitative estimate of drug-likeness (QED) is 0.170. The summed E-state index contributed by atoms with van der Waals surface area (Å²) in [6, 6.07) is 59.0. The van der Waals surface area contributed by atoms with Crippen molar-refractivity contribution >= 4 is 21.7 Å². The van der Waals surface area contributed by atoms with Crippen LogP contribution in [0.2, 0.25) is 0 Å². The highest BCUT2D eigenvalue weighted by Crippen LogP contribution is 2.36. The molecule has 0 N–H and O–H groups in total. The minimum absolute atomic E-state index is 0.677. The molecule has 0 aliphatic carbocycles. The summed E-state index contributed by atoms with van der Waals surface area (Å²) in [4.78, 5) is 19.7. The molecule has 0 fully saturated rings. The minimum Gasteiger partial charge on any atom is -0.256 e. The Balaban J connectivity index is 1.17. The van der Waals surface area contributed by atoms with Crippen molar-refractivity contribution < 1.29 is 0 Å². The van der Waals surface area contributed by atoms with E-state index in [1.165, 1.54) is 0 Å². The summed E-state index contributed by atoms with van der Waals surface area (Å²) in [6.45, 7) is 0. The SMILES string of the molecule is c1ccc(-c2nc(-c3cc(-c4ccc(-c5ccc(-c6ccccn6)cc5)cc4)cc(-c4ccccn4)c3)nc3c2ccc2ccccc23)cc1. The molecule has 0 amide bonds. The smallest absolute Gasteiger partial charge is 0.160 e. The Morgan fingerprint density at radius 1 is 0.320 bits per heavy atom. The highest BCUT2D eigenvalue weighted by atomic mass is 14.9. The first-order chi connectivity index (χ1) is 24.8. The summed E-state index contributed by atoms with van der Waals surface area (Å²) >= 11 is 0. The van der Waals surface area contributed by atoms with Crippen molar-refractivity contribution in [2.24, 2.45) is 0 Å². The van der Waals surface area contributed by atoms with Gasteiger partial charge in [0.25, 0.3) is 0 Å². The zero-order valence-corrected chi connectivity index (χ0v) is 27.1. The fourth-order valence-electron chi connectivity index (χ4n) is 6.64. The van der Waals surface area contributed by atoms with Crippen molar-refractivity contribution in [2.75, 3.05) is 0 Å². The van der Waals surface area contributed by atoms with E-state index in [0.29, 0.717) is 5.82 Å². The second-order valence-electron chi connectivity index (χ2n) is 12.3. The van der Waals surface area contributed by atoms with Gasteiger partial charge in [0.15, 0.2) is 5.82 Å². The number of pyridine rings is 2. The molecular weight excluding hydrogens is 609 g/mol. The second kappa shape index (κ2) is 12.7. The Bertz CT molecular complexity index is 2600. The summed E-state index contributed by atoms with van der Waals surface area (Å²) < 4.78 is 0. The molecule has 50 heavy (non-hydrogen) atoms. The summed E-state index contributed by atoms with van der Waals surface area (Å²) in [7, 11) is 0. The van der Waals surface area contributed by atoms with Crippen LogP contribution in [0, 0.1) is 0 Å². The van der Waals surface area contributed by atoms with Crippen LogP contribution < -0.4 is 0 Å². The first kappa shape index (κ1) is 29.4. The zero-order valence-electron chi connectivity index (χ0n) is 27.1. The number of fused-ring (bicyclic) bond motifs is 3. The highest BCUT2D eigenvalue weighted by Gasteiger charge is 2.16. The molecule has 3 heterocycles. The Kier molecular flexibility index (Phi) is 7.45. The number of hydrogen-bond donors (Lipinski definition) is 0. The van der Waals surface area contributed by atoms with Crippen molar-refractivity contribution in [2.45, 2.75) is 0 Å². The van der Waals surface area contributed by atoms with Gasteiger partial charge in [0.05, 0.1) is 22.6 Å². The van der Waals surface area contributed by atoms with Gasteiger partial charge in [0.1, 0.15) is 0 Å². The molecule has 9 aromatic rings. The Hall–Kier alpha value is -6.78. The minimum atomic E-state index is 0.677. The topological polar surface area (TPSA) is 51.6 Å². The van der Waals surface area contributed by atoms with Gasteiger partial charge in [0.2, 0.25) is 0 Å². The molecule has 4 heteroatoms. The Morgan fingerprint density at radius 3 is 1.56 bits per heavy atom. The third-order valence-corrected chi connectivity index (χ3v) is 9.19. The lowest BCUT2D eigenvalue weighted by Gasteiger charge is -2.14. The van der Waals surface area contributed by atoms with Gasteiger partial charge in [0, 0.05) is 45.4 Å². The molecule has 0 bridgehead atoms. The van der Waals surface area contributed by atoms with Crippen LogP contribution in [0.25, 0.3) is 89.1 Å². The molecule has 234 valence electrons. The van der Waals surface area contributed by atoms with E-state index in [0.717, 1.165) is 83.3 Å². The lowest BCUT2D eigenvalue weighted by atomic mass is 9.95. The van der Waals surface area contributed by atoms with Crippen LogP contribution in [0.15, 0.2) is 182 Å². The third-order valence-electron chi connectivity index (χ3n) is 9.19. The molecule has 0 aliphatic rings. The Labute approximate surface area is 290 Å². The number of nitrogens with zero attached hydrogens (tertiary/aromatic N) is 4. The Morgan fingerprint density at radius 2 is 0.880 bits per heavy atom. The summed E-state index contributed by atoms with van der Waals surface area (Å²) in [5.41, 5.74) is 12.3. The van der Waals surface area contributed by atoms with Crippen LogP contribution in [0.5, 0.6) is 0 Å². The summed E-state index contributed by atoms with van der Waals surface area (Å²) in [5.74, 6) is 0.677. The van der Waals surface area contributed by atoms with E-state index in [4.69, 9.17) is 15.0 Å². The van der Waals surface area contributed by atoms with E-state index < -0.39 is 0 Å². The van der Waals surface area contributed by atoms with Gasteiger partial charge < -0.3 is 0 Å². The van der Waals surface area contributed by atoms with Gasteiger partial charge in [-0.25, -0.2) is 9.97 Å². The van der Waals surface area contributed by atoms with Crippen molar-refractivity contribution in [3.05, 3.63) is 182 Å². The zero-order chi connectivity index (χ0) is 33.3. The largest absolute Gasteiger partial charge is 0.256 e. The maximum atomic E-state index is 5.28. The van der Waals surface area contributed by atoms with Crippen LogP contribution in [-0.4, -0.2) is 19.9 Å². The van der Waals surface area contributed by atoms with Gasteiger partial charge in [-0.15, -0.1) is 0 Å². The van der Waals surface area contributed by atoms with Gasteiger partial charge >= 0.3 is 0 Å². The number of hydrogen-bond acceptors (Lipinski definition) is 4. The monoisotopic (exact) mass is 638 g/mol. The van der Waals surface area contributed by atoms with E-state index in [-0.39, 0.29) is 0 Å². The summed E-state index contributed by atoms with van der Waals surface area (Å²) in [6.07, 6.45) is 3.66. The van der Waals surface area contributed by atoms with Crippen LogP contribution in [0.1, 0.15) is 0 Å². The van der Waals surface area contributed by atoms with E-state index in [1.807, 2.05) is 54.9 Å². The molecule has 0 spiro atoms. The second-order valence-corrected chi connectivity index (χ2v) is 12.3. The predicted molar refractivity (Wildman–Crippen MR) is 205 cm³/mol. The number of benzene rings is 6. The lowest BCUT2D eigenvalue weighted by Crippen LogP contribution is -1.97. The standard InChI is InChI=1S/C46H30N4/c1-2-11-36(12-3-1)44-41-25-24-34-10-4-5-13-40(34)45(41)50-46(49-44)39-29-37(28-38(30-39)43-15-7-9-27-48-43)33-18-16-31(17-19-33)32-20-22-35(23-21-32)42-14-6-8-26-47-42/h1-30H. The highest BCUT2D eigenvalue weighted by molar-refractivity contribution is 6.09. The van der Waals surface area contributed by atoms with E-state index in [2.05, 4.69) is 132 Å². The maximum Gasteiger partial charge on any atom is 0.160 e. The van der Waals surface area contributed by atoms with Gasteiger partial charge in [-0.05, 0) is 76.2 Å². The average Bonchev–Trinajstić information content (AvgIpc) is 3.21. The normalized spacial score (nSPS) is 11.2. The van der Waals surface area contributed by atoms with Gasteiger partial charge in [-0.1, -0.05) is 121 Å². The molecule has 9 rings (SSSR count).